The summed E-state index contributed by atoms with van der Waals surface area (Å²) in [4.78, 5) is 13.1. The molecule has 5 rings (SSSR count). The van der Waals surface area contributed by atoms with Crippen LogP contribution in [0, 0.1) is 0 Å². The minimum atomic E-state index is 0.301. The van der Waals surface area contributed by atoms with Gasteiger partial charge in [0.2, 0.25) is 0 Å². The van der Waals surface area contributed by atoms with E-state index in [2.05, 4.69) is 42.3 Å². The SMILES string of the molecule is CN1CCc2c(ccc3c2OOC3)C(c2cccc3c2OCC3)C1. The lowest BCUT2D eigenvalue weighted by atomic mass is 9.85. The Bertz CT molecular complexity index is 802. The molecule has 124 valence electrons. The van der Waals surface area contributed by atoms with Crippen molar-refractivity contribution in [1.82, 2.24) is 4.90 Å². The molecule has 2 aromatic carbocycles. The summed E-state index contributed by atoms with van der Waals surface area (Å²) in [6.07, 6.45) is 2.00. The maximum absolute atomic E-state index is 5.99. The van der Waals surface area contributed by atoms with Gasteiger partial charge in [-0.2, -0.15) is 4.89 Å². The van der Waals surface area contributed by atoms with Crippen molar-refractivity contribution in [3.8, 4) is 11.5 Å². The maximum Gasteiger partial charge on any atom is 0.174 e. The quantitative estimate of drug-likeness (QED) is 0.755. The number of fused-ring (bicyclic) bond motifs is 4. The molecule has 4 heteroatoms. The number of para-hydroxylation sites is 1. The zero-order valence-corrected chi connectivity index (χ0v) is 13.9. The van der Waals surface area contributed by atoms with Gasteiger partial charge in [0.25, 0.3) is 0 Å². The average Bonchev–Trinajstić information content (AvgIpc) is 3.23. The van der Waals surface area contributed by atoms with Gasteiger partial charge in [-0.05, 0) is 24.6 Å². The van der Waals surface area contributed by atoms with Crippen LogP contribution >= 0.6 is 0 Å². The Balaban J connectivity index is 1.68. The van der Waals surface area contributed by atoms with Crippen molar-refractivity contribution < 1.29 is 14.5 Å². The van der Waals surface area contributed by atoms with Crippen LogP contribution in [0.25, 0.3) is 0 Å². The first-order chi connectivity index (χ1) is 11.8. The molecule has 0 aromatic heterocycles. The number of hydrogen-bond acceptors (Lipinski definition) is 4. The van der Waals surface area contributed by atoms with Crippen LogP contribution in [0.4, 0.5) is 0 Å². The van der Waals surface area contributed by atoms with E-state index < -0.39 is 0 Å². The number of rotatable bonds is 1. The first kappa shape index (κ1) is 14.3. The van der Waals surface area contributed by atoms with Gasteiger partial charge in [0, 0.05) is 42.1 Å². The molecule has 1 atom stereocenters. The smallest absolute Gasteiger partial charge is 0.174 e. The van der Waals surface area contributed by atoms with Crippen molar-refractivity contribution in [2.24, 2.45) is 0 Å². The molecule has 0 aliphatic carbocycles. The summed E-state index contributed by atoms with van der Waals surface area (Å²) in [7, 11) is 2.19. The minimum Gasteiger partial charge on any atom is -0.493 e. The highest BCUT2D eigenvalue weighted by atomic mass is 17.2. The molecule has 2 aromatic rings. The van der Waals surface area contributed by atoms with Crippen LogP contribution in [0.1, 0.15) is 33.7 Å². The molecule has 0 spiro atoms. The van der Waals surface area contributed by atoms with E-state index in [1.165, 1.54) is 22.3 Å². The Labute approximate surface area is 141 Å². The monoisotopic (exact) mass is 323 g/mol. The van der Waals surface area contributed by atoms with Crippen LogP contribution < -0.4 is 9.62 Å². The number of hydrogen-bond donors (Lipinski definition) is 0. The van der Waals surface area contributed by atoms with Gasteiger partial charge >= 0.3 is 0 Å². The summed E-state index contributed by atoms with van der Waals surface area (Å²) in [5.74, 6) is 2.35. The van der Waals surface area contributed by atoms with Crippen LogP contribution in [-0.4, -0.2) is 31.6 Å². The van der Waals surface area contributed by atoms with E-state index in [0.29, 0.717) is 12.5 Å². The first-order valence-electron chi connectivity index (χ1n) is 8.68. The largest absolute Gasteiger partial charge is 0.493 e. The molecule has 4 nitrogen and oxygen atoms in total. The Kier molecular flexibility index (Phi) is 3.28. The van der Waals surface area contributed by atoms with E-state index in [-0.39, 0.29) is 0 Å². The summed E-state index contributed by atoms with van der Waals surface area (Å²) >= 11 is 0. The van der Waals surface area contributed by atoms with E-state index in [0.717, 1.165) is 49.6 Å². The van der Waals surface area contributed by atoms with E-state index >= 15 is 0 Å². The topological polar surface area (TPSA) is 30.9 Å². The molecule has 3 aliphatic rings. The molecule has 0 bridgehead atoms. The third kappa shape index (κ3) is 2.14. The van der Waals surface area contributed by atoms with Crippen molar-refractivity contribution >= 4 is 0 Å². The molecule has 0 saturated carbocycles. The average molecular weight is 323 g/mol. The van der Waals surface area contributed by atoms with Crippen LogP contribution in [0.3, 0.4) is 0 Å². The third-order valence-corrected chi connectivity index (χ3v) is 5.47. The van der Waals surface area contributed by atoms with Crippen molar-refractivity contribution in [2.75, 3.05) is 26.7 Å². The van der Waals surface area contributed by atoms with E-state index in [4.69, 9.17) is 14.5 Å². The molecule has 3 aliphatic heterocycles. The zero-order chi connectivity index (χ0) is 16.1. The molecule has 3 heterocycles. The molecule has 0 fully saturated rings. The highest BCUT2D eigenvalue weighted by molar-refractivity contribution is 5.55. The molecular weight excluding hydrogens is 302 g/mol. The Morgan fingerprint density at radius 3 is 2.92 bits per heavy atom. The van der Waals surface area contributed by atoms with Gasteiger partial charge in [0.05, 0.1) is 6.61 Å². The van der Waals surface area contributed by atoms with Gasteiger partial charge in [-0.25, -0.2) is 0 Å². The number of ether oxygens (including phenoxy) is 1. The lowest BCUT2D eigenvalue weighted by molar-refractivity contribution is -0.195. The normalized spacial score (nSPS) is 22.1. The molecule has 0 amide bonds. The predicted octanol–water partition coefficient (Wildman–Crippen LogP) is 3.07. The maximum atomic E-state index is 5.99. The molecule has 0 N–H and O–H groups in total. The van der Waals surface area contributed by atoms with Crippen molar-refractivity contribution in [2.45, 2.75) is 25.4 Å². The van der Waals surface area contributed by atoms with Gasteiger partial charge in [-0.1, -0.05) is 30.3 Å². The van der Waals surface area contributed by atoms with Crippen LogP contribution in [0.5, 0.6) is 11.5 Å². The molecule has 24 heavy (non-hydrogen) atoms. The first-order valence-corrected chi connectivity index (χ1v) is 8.68. The third-order valence-electron chi connectivity index (χ3n) is 5.47. The summed E-state index contributed by atoms with van der Waals surface area (Å²) in [6, 6.07) is 11.0. The fraction of sp³-hybridized carbons (Fsp3) is 0.400. The highest BCUT2D eigenvalue weighted by Crippen LogP contribution is 2.43. The predicted molar refractivity (Wildman–Crippen MR) is 90.5 cm³/mol. The van der Waals surface area contributed by atoms with E-state index in [9.17, 15) is 0 Å². The van der Waals surface area contributed by atoms with Gasteiger partial charge in [0.15, 0.2) is 5.75 Å². The van der Waals surface area contributed by atoms with Crippen LogP contribution in [0.15, 0.2) is 30.3 Å². The van der Waals surface area contributed by atoms with Crippen molar-refractivity contribution in [1.29, 1.82) is 0 Å². The lowest BCUT2D eigenvalue weighted by Crippen LogP contribution is -2.24. The van der Waals surface area contributed by atoms with Gasteiger partial charge in [-0.3, -0.25) is 0 Å². The zero-order valence-electron chi connectivity index (χ0n) is 13.9. The van der Waals surface area contributed by atoms with Crippen molar-refractivity contribution in [3.63, 3.8) is 0 Å². The summed E-state index contributed by atoms with van der Waals surface area (Å²) < 4.78 is 5.99. The Morgan fingerprint density at radius 1 is 1.00 bits per heavy atom. The van der Waals surface area contributed by atoms with Gasteiger partial charge in [0.1, 0.15) is 12.4 Å². The highest BCUT2D eigenvalue weighted by Gasteiger charge is 2.31. The molecule has 0 radical (unpaired) electrons. The Hall–Kier alpha value is -2.04. The van der Waals surface area contributed by atoms with E-state index in [1.807, 2.05) is 0 Å². The van der Waals surface area contributed by atoms with Gasteiger partial charge < -0.3 is 14.5 Å². The van der Waals surface area contributed by atoms with Crippen LogP contribution in [0.2, 0.25) is 0 Å². The molecular formula is C20H21NO3. The fourth-order valence-electron chi connectivity index (χ4n) is 4.23. The number of benzene rings is 2. The lowest BCUT2D eigenvalue weighted by Gasteiger charge is -2.24. The molecule has 0 saturated heterocycles. The van der Waals surface area contributed by atoms with E-state index in [1.54, 1.807) is 0 Å². The fourth-order valence-corrected chi connectivity index (χ4v) is 4.23. The molecule has 1 unspecified atom stereocenters. The van der Waals surface area contributed by atoms with Crippen molar-refractivity contribution in [3.05, 3.63) is 58.1 Å². The standard InChI is InChI=1S/C20H21NO3/c1-21-9-7-17-15(6-5-14-12-23-24-20(14)17)18(11-21)16-4-2-3-13-8-10-22-19(13)16/h2-6,18H,7-12H2,1H3. The second-order valence-electron chi connectivity index (χ2n) is 6.97. The number of nitrogens with zero attached hydrogens (tertiary/aromatic N) is 1. The minimum absolute atomic E-state index is 0.301. The second kappa shape index (κ2) is 5.50. The summed E-state index contributed by atoms with van der Waals surface area (Å²) in [5.41, 5.74) is 6.45. The second-order valence-corrected chi connectivity index (χ2v) is 6.97. The van der Waals surface area contributed by atoms with Crippen LogP contribution in [-0.2, 0) is 24.3 Å². The number of likely N-dealkylation sites (N-methyl/N-ethyl adjacent to an activating group) is 1. The summed E-state index contributed by atoms with van der Waals surface area (Å²) in [6.45, 7) is 3.36. The Morgan fingerprint density at radius 2 is 1.96 bits per heavy atom. The van der Waals surface area contributed by atoms with Gasteiger partial charge in [-0.15, -0.1) is 0 Å². The summed E-state index contributed by atoms with van der Waals surface area (Å²) in [5, 5.41) is 0.